The van der Waals surface area contributed by atoms with E-state index in [0.717, 1.165) is 0 Å². The zero-order valence-corrected chi connectivity index (χ0v) is 11.0. The average molecular weight is 275 g/mol. The van der Waals surface area contributed by atoms with E-state index in [1.54, 1.807) is 12.1 Å². The maximum absolute atomic E-state index is 11.9. The van der Waals surface area contributed by atoms with Crippen LogP contribution >= 0.6 is 23.2 Å². The summed E-state index contributed by atoms with van der Waals surface area (Å²) < 4.78 is 0. The van der Waals surface area contributed by atoms with Crippen LogP contribution in [-0.2, 0) is 4.79 Å². The third-order valence-electron chi connectivity index (χ3n) is 2.88. The highest BCUT2D eigenvalue weighted by Crippen LogP contribution is 2.39. The number of hydrogen-bond donors (Lipinski definition) is 1. The third kappa shape index (κ3) is 2.08. The number of anilines is 1. The smallest absolute Gasteiger partial charge is 0.243 e. The first-order chi connectivity index (χ1) is 7.91. The van der Waals surface area contributed by atoms with Crippen LogP contribution in [0.4, 0.5) is 5.69 Å². The molecule has 1 N–H and O–H groups in total. The topological polar surface area (TPSA) is 43.8 Å². The number of benzene rings is 1. The lowest BCUT2D eigenvalue weighted by molar-refractivity contribution is -0.117. The van der Waals surface area contributed by atoms with Crippen molar-refractivity contribution < 1.29 is 9.90 Å². The first kappa shape index (κ1) is 12.5. The maximum Gasteiger partial charge on any atom is 0.243 e. The highest BCUT2D eigenvalue weighted by molar-refractivity contribution is 6.44. The van der Waals surface area contributed by atoms with E-state index in [2.05, 4.69) is 0 Å². The molecule has 1 heterocycles. The minimum atomic E-state index is -0.0661. The second-order valence-electron chi connectivity index (χ2n) is 4.09. The van der Waals surface area contributed by atoms with Gasteiger partial charge in [-0.25, -0.2) is 10.0 Å². The van der Waals surface area contributed by atoms with E-state index in [1.165, 1.54) is 17.1 Å². The molecule has 0 aliphatic carbocycles. The minimum absolute atomic E-state index is 0.0184. The molecule has 0 spiro atoms. The van der Waals surface area contributed by atoms with Crippen molar-refractivity contribution in [3.8, 4) is 5.75 Å². The molecule has 4 nitrogen and oxygen atoms in total. The molecule has 2 rings (SSSR count). The van der Waals surface area contributed by atoms with Crippen LogP contribution in [0, 0.1) is 0 Å². The van der Waals surface area contributed by atoms with Crippen molar-refractivity contribution in [3.63, 3.8) is 0 Å². The molecule has 0 saturated carbocycles. The van der Waals surface area contributed by atoms with Gasteiger partial charge in [-0.2, -0.15) is 0 Å². The van der Waals surface area contributed by atoms with Gasteiger partial charge in [-0.15, -0.1) is 0 Å². The SMILES string of the molecule is CC1CC(=O)N(c2cc(O)cc(Cl)c2Cl)N1C. The van der Waals surface area contributed by atoms with Gasteiger partial charge < -0.3 is 5.11 Å². The Kier molecular flexibility index (Phi) is 3.21. The Morgan fingerprint density at radius 1 is 1.41 bits per heavy atom. The summed E-state index contributed by atoms with van der Waals surface area (Å²) in [6.07, 6.45) is 0.417. The van der Waals surface area contributed by atoms with Crippen molar-refractivity contribution in [1.29, 1.82) is 0 Å². The fraction of sp³-hybridized carbons (Fsp3) is 0.364. The van der Waals surface area contributed by atoms with Crippen LogP contribution < -0.4 is 5.01 Å². The Morgan fingerprint density at radius 2 is 2.06 bits per heavy atom. The number of amides is 1. The standard InChI is InChI=1S/C11H12Cl2N2O2/c1-6-3-10(17)15(14(6)2)9-5-7(16)4-8(12)11(9)13/h4-6,16H,3H2,1-2H3. The van der Waals surface area contributed by atoms with Gasteiger partial charge in [0.15, 0.2) is 0 Å². The lowest BCUT2D eigenvalue weighted by atomic mass is 10.2. The van der Waals surface area contributed by atoms with E-state index in [1.807, 2.05) is 6.92 Å². The fourth-order valence-electron chi connectivity index (χ4n) is 1.86. The molecule has 1 aliphatic rings. The van der Waals surface area contributed by atoms with E-state index in [4.69, 9.17) is 23.2 Å². The second-order valence-corrected chi connectivity index (χ2v) is 4.88. The summed E-state index contributed by atoms with van der Waals surface area (Å²) in [4.78, 5) is 11.9. The fourth-order valence-corrected chi connectivity index (χ4v) is 2.26. The third-order valence-corrected chi connectivity index (χ3v) is 3.67. The zero-order chi connectivity index (χ0) is 12.7. The van der Waals surface area contributed by atoms with Gasteiger partial charge >= 0.3 is 0 Å². The molecule has 1 amide bonds. The quantitative estimate of drug-likeness (QED) is 0.856. The van der Waals surface area contributed by atoms with Gasteiger partial charge in [-0.3, -0.25) is 4.79 Å². The highest BCUT2D eigenvalue weighted by Gasteiger charge is 2.35. The number of hydrazine groups is 1. The number of rotatable bonds is 1. The number of nitrogens with zero attached hydrogens (tertiary/aromatic N) is 2. The number of carbonyl (C=O) groups excluding carboxylic acids is 1. The molecule has 1 fully saturated rings. The van der Waals surface area contributed by atoms with Crippen molar-refractivity contribution in [1.82, 2.24) is 5.01 Å². The molecule has 1 aliphatic heterocycles. The molecule has 92 valence electrons. The van der Waals surface area contributed by atoms with E-state index in [0.29, 0.717) is 12.1 Å². The van der Waals surface area contributed by atoms with E-state index in [9.17, 15) is 9.90 Å². The molecule has 0 radical (unpaired) electrons. The lowest BCUT2D eigenvalue weighted by Crippen LogP contribution is -2.38. The summed E-state index contributed by atoms with van der Waals surface area (Å²) in [7, 11) is 1.80. The van der Waals surface area contributed by atoms with Gasteiger partial charge in [0, 0.05) is 31.6 Å². The molecule has 1 aromatic carbocycles. The van der Waals surface area contributed by atoms with Crippen molar-refractivity contribution >= 4 is 34.8 Å². The van der Waals surface area contributed by atoms with E-state index >= 15 is 0 Å². The van der Waals surface area contributed by atoms with E-state index < -0.39 is 0 Å². The Morgan fingerprint density at radius 3 is 2.59 bits per heavy atom. The molecule has 0 aromatic heterocycles. The summed E-state index contributed by atoms with van der Waals surface area (Å²) in [5.41, 5.74) is 0.411. The lowest BCUT2D eigenvalue weighted by Gasteiger charge is -2.27. The molecular weight excluding hydrogens is 263 g/mol. The number of phenolic OH excluding ortho intramolecular Hbond substituents is 1. The van der Waals surface area contributed by atoms with Crippen molar-refractivity contribution in [2.24, 2.45) is 0 Å². The van der Waals surface area contributed by atoms with Crippen LogP contribution in [-0.4, -0.2) is 29.1 Å². The first-order valence-electron chi connectivity index (χ1n) is 5.15. The van der Waals surface area contributed by atoms with Crippen LogP contribution in [0.3, 0.4) is 0 Å². The van der Waals surface area contributed by atoms with E-state index in [-0.39, 0.29) is 27.7 Å². The van der Waals surface area contributed by atoms with Gasteiger partial charge in [0.25, 0.3) is 0 Å². The number of carbonyl (C=O) groups is 1. The maximum atomic E-state index is 11.9. The summed E-state index contributed by atoms with van der Waals surface area (Å²) in [5.74, 6) is -0.0845. The Bertz CT molecular complexity index is 479. The van der Waals surface area contributed by atoms with Crippen LogP contribution in [0.25, 0.3) is 0 Å². The number of hydrogen-bond acceptors (Lipinski definition) is 3. The van der Waals surface area contributed by atoms with Gasteiger partial charge in [0.1, 0.15) is 5.75 Å². The molecule has 1 saturated heterocycles. The number of phenols is 1. The van der Waals surface area contributed by atoms with Crippen molar-refractivity contribution in [2.45, 2.75) is 19.4 Å². The zero-order valence-electron chi connectivity index (χ0n) is 9.44. The Balaban J connectivity index is 2.50. The summed E-state index contributed by atoms with van der Waals surface area (Å²) in [6.45, 7) is 1.94. The second kappa shape index (κ2) is 4.37. The molecule has 17 heavy (non-hydrogen) atoms. The predicted octanol–water partition coefficient (Wildman–Crippen LogP) is 2.67. The van der Waals surface area contributed by atoms with Gasteiger partial charge in [-0.05, 0) is 6.92 Å². The van der Waals surface area contributed by atoms with Gasteiger partial charge in [0.2, 0.25) is 5.91 Å². The molecule has 6 heteroatoms. The van der Waals surface area contributed by atoms with Crippen LogP contribution in [0.15, 0.2) is 12.1 Å². The molecular formula is C11H12Cl2N2O2. The summed E-state index contributed by atoms with van der Waals surface area (Å²) >= 11 is 11.9. The van der Waals surface area contributed by atoms with Crippen LogP contribution in [0.1, 0.15) is 13.3 Å². The summed E-state index contributed by atoms with van der Waals surface area (Å²) in [6, 6.07) is 2.87. The number of aromatic hydroxyl groups is 1. The predicted molar refractivity (Wildman–Crippen MR) is 67.5 cm³/mol. The van der Waals surface area contributed by atoms with Crippen LogP contribution in [0.2, 0.25) is 10.0 Å². The molecule has 1 aromatic rings. The Labute approximate surface area is 109 Å². The minimum Gasteiger partial charge on any atom is -0.508 e. The number of halogens is 2. The Hall–Kier alpha value is -0.970. The molecule has 0 bridgehead atoms. The molecule has 1 atom stereocenters. The monoisotopic (exact) mass is 274 g/mol. The highest BCUT2D eigenvalue weighted by atomic mass is 35.5. The molecule has 1 unspecified atom stereocenters. The van der Waals surface area contributed by atoms with Crippen LogP contribution in [0.5, 0.6) is 5.75 Å². The first-order valence-corrected chi connectivity index (χ1v) is 5.91. The van der Waals surface area contributed by atoms with Gasteiger partial charge in [0.05, 0.1) is 15.7 Å². The largest absolute Gasteiger partial charge is 0.508 e. The summed E-state index contributed by atoms with van der Waals surface area (Å²) in [5, 5.41) is 13.2. The normalized spacial score (nSPS) is 21.3. The van der Waals surface area contributed by atoms with Crippen molar-refractivity contribution in [2.75, 3.05) is 12.1 Å². The van der Waals surface area contributed by atoms with Crippen molar-refractivity contribution in [3.05, 3.63) is 22.2 Å². The van der Waals surface area contributed by atoms with Gasteiger partial charge in [-0.1, -0.05) is 23.2 Å². The average Bonchev–Trinajstić information content (AvgIpc) is 2.48.